The van der Waals surface area contributed by atoms with Crippen molar-refractivity contribution in [3.05, 3.63) is 59.7 Å². The van der Waals surface area contributed by atoms with E-state index in [4.69, 9.17) is 0 Å². The summed E-state index contributed by atoms with van der Waals surface area (Å²) in [4.78, 5) is 23.1. The SMILES string of the molecule is COC(=O)CCCNC(=O)c1ccc(S(=O)(=O)Nc2ccccc2C)cc1. The Labute approximate surface area is 158 Å². The first-order chi connectivity index (χ1) is 12.8. The molecule has 0 bridgehead atoms. The molecule has 0 aromatic heterocycles. The Morgan fingerprint density at radius 2 is 1.70 bits per heavy atom. The summed E-state index contributed by atoms with van der Waals surface area (Å²) in [6, 6.07) is 12.7. The van der Waals surface area contributed by atoms with Crippen molar-refractivity contribution < 1.29 is 22.7 Å². The lowest BCUT2D eigenvalue weighted by molar-refractivity contribution is -0.140. The summed E-state index contributed by atoms with van der Waals surface area (Å²) in [6.45, 7) is 2.13. The van der Waals surface area contributed by atoms with Gasteiger partial charge in [-0.1, -0.05) is 18.2 Å². The molecule has 0 heterocycles. The number of aryl methyl sites for hydroxylation is 1. The zero-order valence-electron chi connectivity index (χ0n) is 15.2. The number of para-hydroxylation sites is 1. The Bertz CT molecular complexity index is 908. The van der Waals surface area contributed by atoms with Crippen LogP contribution >= 0.6 is 0 Å². The number of methoxy groups -OCH3 is 1. The number of carbonyl (C=O) groups is 2. The highest BCUT2D eigenvalue weighted by Crippen LogP contribution is 2.19. The molecule has 0 aliphatic heterocycles. The van der Waals surface area contributed by atoms with E-state index in [0.717, 1.165) is 5.56 Å². The van der Waals surface area contributed by atoms with Gasteiger partial charge in [-0.25, -0.2) is 8.42 Å². The van der Waals surface area contributed by atoms with Crippen molar-refractivity contribution in [1.29, 1.82) is 0 Å². The second kappa shape index (κ2) is 9.18. The van der Waals surface area contributed by atoms with Crippen molar-refractivity contribution >= 4 is 27.6 Å². The maximum atomic E-state index is 12.5. The normalized spacial score (nSPS) is 10.9. The lowest BCUT2D eigenvalue weighted by Crippen LogP contribution is -2.25. The quantitative estimate of drug-likeness (QED) is 0.533. The van der Waals surface area contributed by atoms with Gasteiger partial charge in [0.25, 0.3) is 15.9 Å². The van der Waals surface area contributed by atoms with E-state index in [-0.39, 0.29) is 23.2 Å². The molecule has 7 nitrogen and oxygen atoms in total. The number of amides is 1. The lowest BCUT2D eigenvalue weighted by atomic mass is 10.2. The number of rotatable bonds is 8. The fraction of sp³-hybridized carbons (Fsp3) is 0.263. The second-order valence-electron chi connectivity index (χ2n) is 5.88. The average molecular weight is 390 g/mol. The molecule has 0 unspecified atom stereocenters. The van der Waals surface area contributed by atoms with Gasteiger partial charge in [0.1, 0.15) is 0 Å². The van der Waals surface area contributed by atoms with Gasteiger partial charge in [-0.15, -0.1) is 0 Å². The Kier molecular flexibility index (Phi) is 6.95. The van der Waals surface area contributed by atoms with Crippen molar-refractivity contribution in [3.63, 3.8) is 0 Å². The van der Waals surface area contributed by atoms with E-state index >= 15 is 0 Å². The lowest BCUT2D eigenvalue weighted by Gasteiger charge is -2.11. The topological polar surface area (TPSA) is 102 Å². The van der Waals surface area contributed by atoms with Crippen LogP contribution < -0.4 is 10.0 Å². The summed E-state index contributed by atoms with van der Waals surface area (Å²) < 4.78 is 32.0. The monoisotopic (exact) mass is 390 g/mol. The van der Waals surface area contributed by atoms with E-state index in [9.17, 15) is 18.0 Å². The third-order valence-electron chi connectivity index (χ3n) is 3.89. The van der Waals surface area contributed by atoms with Gasteiger partial charge in [-0.3, -0.25) is 14.3 Å². The Hall–Kier alpha value is -2.87. The van der Waals surface area contributed by atoms with Crippen LogP contribution in [0.15, 0.2) is 53.4 Å². The van der Waals surface area contributed by atoms with Gasteiger partial charge in [0, 0.05) is 18.5 Å². The van der Waals surface area contributed by atoms with E-state index in [1.54, 1.807) is 12.1 Å². The van der Waals surface area contributed by atoms with Crippen LogP contribution in [0.4, 0.5) is 5.69 Å². The third kappa shape index (κ3) is 5.82. The predicted molar refractivity (Wildman–Crippen MR) is 102 cm³/mol. The minimum atomic E-state index is -3.74. The molecule has 0 aliphatic carbocycles. The van der Waals surface area contributed by atoms with Crippen molar-refractivity contribution in [2.24, 2.45) is 0 Å². The van der Waals surface area contributed by atoms with Crippen LogP contribution in [0, 0.1) is 6.92 Å². The number of carbonyl (C=O) groups excluding carboxylic acids is 2. The minimum Gasteiger partial charge on any atom is -0.469 e. The third-order valence-corrected chi connectivity index (χ3v) is 5.27. The van der Waals surface area contributed by atoms with Gasteiger partial charge in [0.2, 0.25) is 0 Å². The number of esters is 1. The minimum absolute atomic E-state index is 0.0630. The van der Waals surface area contributed by atoms with Crippen LogP contribution in [0.2, 0.25) is 0 Å². The van der Waals surface area contributed by atoms with Gasteiger partial charge in [0.15, 0.2) is 0 Å². The molecule has 27 heavy (non-hydrogen) atoms. The summed E-state index contributed by atoms with van der Waals surface area (Å²) >= 11 is 0. The molecular weight excluding hydrogens is 368 g/mol. The van der Waals surface area contributed by atoms with E-state index in [2.05, 4.69) is 14.8 Å². The fourth-order valence-corrected chi connectivity index (χ4v) is 3.45. The zero-order valence-corrected chi connectivity index (χ0v) is 16.0. The van der Waals surface area contributed by atoms with Crippen LogP contribution in [0.5, 0.6) is 0 Å². The molecule has 8 heteroatoms. The van der Waals surface area contributed by atoms with E-state index < -0.39 is 10.0 Å². The van der Waals surface area contributed by atoms with Crippen LogP contribution in [-0.4, -0.2) is 33.9 Å². The first-order valence-corrected chi connectivity index (χ1v) is 9.85. The predicted octanol–water partition coefficient (Wildman–Crippen LogP) is 2.48. The van der Waals surface area contributed by atoms with Gasteiger partial charge in [0.05, 0.1) is 17.7 Å². The molecule has 0 atom stereocenters. The number of hydrogen-bond donors (Lipinski definition) is 2. The van der Waals surface area contributed by atoms with Crippen molar-refractivity contribution in [3.8, 4) is 0 Å². The van der Waals surface area contributed by atoms with Crippen LogP contribution in [0.1, 0.15) is 28.8 Å². The number of nitrogens with one attached hydrogen (secondary N) is 2. The number of ether oxygens (including phenoxy) is 1. The van der Waals surface area contributed by atoms with Crippen LogP contribution in [0.25, 0.3) is 0 Å². The summed E-state index contributed by atoms with van der Waals surface area (Å²) in [5.74, 6) is -0.671. The van der Waals surface area contributed by atoms with Crippen LogP contribution in [-0.2, 0) is 19.6 Å². The number of benzene rings is 2. The fourth-order valence-electron chi connectivity index (χ4n) is 2.32. The zero-order chi connectivity index (χ0) is 19.9. The summed E-state index contributed by atoms with van der Waals surface area (Å²) in [6.07, 6.45) is 0.684. The molecule has 0 spiro atoms. The molecule has 0 aliphatic rings. The van der Waals surface area contributed by atoms with E-state index in [1.807, 2.05) is 19.1 Å². The standard InChI is InChI=1S/C19H22N2O5S/c1-14-6-3-4-7-17(14)21-27(24,25)16-11-9-15(10-12-16)19(23)20-13-5-8-18(22)26-2/h3-4,6-7,9-12,21H,5,8,13H2,1-2H3,(H,20,23). The maximum Gasteiger partial charge on any atom is 0.305 e. The van der Waals surface area contributed by atoms with E-state index in [0.29, 0.717) is 24.2 Å². The maximum absolute atomic E-state index is 12.5. The molecule has 0 radical (unpaired) electrons. The molecule has 144 valence electrons. The second-order valence-corrected chi connectivity index (χ2v) is 7.56. The van der Waals surface area contributed by atoms with Gasteiger partial charge in [-0.2, -0.15) is 0 Å². The first-order valence-electron chi connectivity index (χ1n) is 8.37. The molecule has 2 N–H and O–H groups in total. The highest BCUT2D eigenvalue weighted by molar-refractivity contribution is 7.92. The number of sulfonamides is 1. The highest BCUT2D eigenvalue weighted by Gasteiger charge is 2.16. The molecule has 0 saturated carbocycles. The summed E-state index contributed by atoms with van der Waals surface area (Å²) in [5, 5.41) is 2.67. The number of anilines is 1. The largest absolute Gasteiger partial charge is 0.469 e. The van der Waals surface area contributed by atoms with E-state index in [1.165, 1.54) is 31.4 Å². The first kappa shape index (κ1) is 20.4. The number of hydrogen-bond acceptors (Lipinski definition) is 5. The molecular formula is C19H22N2O5S. The Morgan fingerprint density at radius 3 is 2.33 bits per heavy atom. The van der Waals surface area contributed by atoms with Gasteiger partial charge < -0.3 is 10.1 Å². The molecule has 2 aromatic rings. The summed E-state index contributed by atoms with van der Waals surface area (Å²) in [5.41, 5.74) is 1.65. The smallest absolute Gasteiger partial charge is 0.305 e. The molecule has 2 rings (SSSR count). The highest BCUT2D eigenvalue weighted by atomic mass is 32.2. The van der Waals surface area contributed by atoms with Crippen molar-refractivity contribution in [2.45, 2.75) is 24.7 Å². The Morgan fingerprint density at radius 1 is 1.04 bits per heavy atom. The van der Waals surface area contributed by atoms with Crippen LogP contribution in [0.3, 0.4) is 0 Å². The van der Waals surface area contributed by atoms with Gasteiger partial charge >= 0.3 is 5.97 Å². The molecule has 1 amide bonds. The van der Waals surface area contributed by atoms with Crippen molar-refractivity contribution in [2.75, 3.05) is 18.4 Å². The Balaban J connectivity index is 1.98. The van der Waals surface area contributed by atoms with Crippen molar-refractivity contribution in [1.82, 2.24) is 5.32 Å². The average Bonchev–Trinajstić information content (AvgIpc) is 2.66. The molecule has 0 fully saturated rings. The molecule has 2 aromatic carbocycles. The van der Waals surface area contributed by atoms with Gasteiger partial charge in [-0.05, 0) is 49.2 Å². The summed E-state index contributed by atoms with van der Waals surface area (Å²) in [7, 11) is -2.43. The molecule has 0 saturated heterocycles.